The van der Waals surface area contributed by atoms with Crippen molar-refractivity contribution in [2.45, 2.75) is 31.7 Å². The number of rotatable bonds is 3. The smallest absolute Gasteiger partial charge is 0.198 e. The van der Waals surface area contributed by atoms with Crippen molar-refractivity contribution < 1.29 is 4.74 Å². The average Bonchev–Trinajstić information content (AvgIpc) is 2.16. The molecular weight excluding hydrogens is 214 g/mol. The molecule has 1 aromatic heterocycles. The largest absolute Gasteiger partial charge is 0.490 e. The van der Waals surface area contributed by atoms with Gasteiger partial charge in [0.1, 0.15) is 6.33 Å². The second-order valence-electron chi connectivity index (χ2n) is 4.09. The summed E-state index contributed by atoms with van der Waals surface area (Å²) in [6.45, 7) is 2.17. The fraction of sp³-hybridized carbons (Fsp3) is 0.600. The molecule has 0 spiro atoms. The summed E-state index contributed by atoms with van der Waals surface area (Å²) in [5, 5.41) is 3.70. The lowest BCUT2D eigenvalue weighted by Gasteiger charge is -2.39. The van der Waals surface area contributed by atoms with E-state index in [1.165, 1.54) is 12.7 Å². The maximum absolute atomic E-state index is 5.90. The van der Waals surface area contributed by atoms with E-state index >= 15 is 0 Å². The molecule has 4 nitrogen and oxygen atoms in total. The molecule has 15 heavy (non-hydrogen) atoms. The van der Waals surface area contributed by atoms with Crippen molar-refractivity contribution in [2.75, 3.05) is 12.4 Å². The van der Waals surface area contributed by atoms with Gasteiger partial charge in [0.25, 0.3) is 0 Å². The highest BCUT2D eigenvalue weighted by Gasteiger charge is 2.32. The molecule has 0 aliphatic heterocycles. The van der Waals surface area contributed by atoms with Gasteiger partial charge in [0.15, 0.2) is 16.7 Å². The summed E-state index contributed by atoms with van der Waals surface area (Å²) < 4.78 is 5.17. The minimum absolute atomic E-state index is 0.130. The van der Waals surface area contributed by atoms with Crippen LogP contribution in [0.2, 0.25) is 5.15 Å². The van der Waals surface area contributed by atoms with E-state index < -0.39 is 0 Å². The van der Waals surface area contributed by atoms with Gasteiger partial charge in [0, 0.05) is 5.54 Å². The summed E-state index contributed by atoms with van der Waals surface area (Å²) in [7, 11) is 1.57. The molecule has 1 aromatic rings. The van der Waals surface area contributed by atoms with E-state index in [1.54, 1.807) is 7.11 Å². The molecule has 0 radical (unpaired) electrons. The van der Waals surface area contributed by atoms with Gasteiger partial charge in [0.2, 0.25) is 0 Å². The van der Waals surface area contributed by atoms with E-state index in [2.05, 4.69) is 22.2 Å². The van der Waals surface area contributed by atoms with Gasteiger partial charge < -0.3 is 10.1 Å². The summed E-state index contributed by atoms with van der Waals surface area (Å²) in [4.78, 5) is 8.02. The van der Waals surface area contributed by atoms with Crippen molar-refractivity contribution in [3.63, 3.8) is 0 Å². The Kier molecular flexibility index (Phi) is 2.69. The van der Waals surface area contributed by atoms with Crippen molar-refractivity contribution in [3.05, 3.63) is 11.5 Å². The zero-order valence-electron chi connectivity index (χ0n) is 8.88. The highest BCUT2D eigenvalue weighted by atomic mass is 35.5. The van der Waals surface area contributed by atoms with Gasteiger partial charge in [-0.1, -0.05) is 11.6 Å². The Bertz CT molecular complexity index is 366. The number of aromatic nitrogens is 2. The van der Waals surface area contributed by atoms with Gasteiger partial charge in [-0.3, -0.25) is 0 Å². The van der Waals surface area contributed by atoms with Crippen LogP contribution in [0, 0.1) is 0 Å². The predicted octanol–water partition coefficient (Wildman–Crippen LogP) is 2.49. The molecular formula is C10H14ClN3O. The lowest BCUT2D eigenvalue weighted by molar-refractivity contribution is 0.303. The number of nitrogens with zero attached hydrogens (tertiary/aromatic N) is 2. The molecule has 82 valence electrons. The van der Waals surface area contributed by atoms with E-state index in [1.807, 2.05) is 0 Å². The normalized spacial score (nSPS) is 18.1. The van der Waals surface area contributed by atoms with Crippen molar-refractivity contribution in [3.8, 4) is 5.75 Å². The number of nitrogens with one attached hydrogen (secondary N) is 1. The summed E-state index contributed by atoms with van der Waals surface area (Å²) in [6.07, 6.45) is 5.00. The number of halogens is 1. The van der Waals surface area contributed by atoms with Crippen LogP contribution in [-0.4, -0.2) is 22.6 Å². The van der Waals surface area contributed by atoms with Gasteiger partial charge >= 0.3 is 0 Å². The fourth-order valence-electron chi connectivity index (χ4n) is 1.74. The molecule has 1 aliphatic carbocycles. The van der Waals surface area contributed by atoms with Crippen molar-refractivity contribution in [2.24, 2.45) is 0 Å². The SMILES string of the molecule is COc1c(Cl)ncnc1NC1(C)CCC1. The van der Waals surface area contributed by atoms with Crippen LogP contribution in [-0.2, 0) is 0 Å². The summed E-state index contributed by atoms with van der Waals surface area (Å²) in [6, 6.07) is 0. The molecule has 0 aromatic carbocycles. The van der Waals surface area contributed by atoms with E-state index in [0.717, 1.165) is 12.8 Å². The van der Waals surface area contributed by atoms with Gasteiger partial charge in [0.05, 0.1) is 7.11 Å². The first-order valence-corrected chi connectivity index (χ1v) is 5.35. The van der Waals surface area contributed by atoms with Crippen LogP contribution < -0.4 is 10.1 Å². The van der Waals surface area contributed by atoms with Crippen LogP contribution in [0.4, 0.5) is 5.82 Å². The molecule has 1 heterocycles. The lowest BCUT2D eigenvalue weighted by atomic mass is 9.78. The molecule has 1 saturated carbocycles. The Morgan fingerprint density at radius 2 is 2.20 bits per heavy atom. The van der Waals surface area contributed by atoms with E-state index in [4.69, 9.17) is 16.3 Å². The standard InChI is InChI=1S/C10H14ClN3O/c1-10(4-3-5-10)14-9-7(15-2)8(11)12-6-13-9/h6H,3-5H2,1-2H3,(H,12,13,14). The molecule has 0 amide bonds. The van der Waals surface area contributed by atoms with E-state index in [-0.39, 0.29) is 5.54 Å². The highest BCUT2D eigenvalue weighted by molar-refractivity contribution is 6.31. The minimum atomic E-state index is 0.130. The summed E-state index contributed by atoms with van der Waals surface area (Å²) >= 11 is 5.90. The van der Waals surface area contributed by atoms with Crippen LogP contribution in [0.5, 0.6) is 5.75 Å². The fourth-order valence-corrected chi connectivity index (χ4v) is 1.95. The first-order valence-electron chi connectivity index (χ1n) is 4.97. The monoisotopic (exact) mass is 227 g/mol. The maximum atomic E-state index is 5.90. The van der Waals surface area contributed by atoms with Gasteiger partial charge in [-0.25, -0.2) is 9.97 Å². The molecule has 0 atom stereocenters. The zero-order valence-corrected chi connectivity index (χ0v) is 9.64. The van der Waals surface area contributed by atoms with E-state index in [9.17, 15) is 0 Å². The van der Waals surface area contributed by atoms with Crippen LogP contribution in [0.1, 0.15) is 26.2 Å². The molecule has 2 rings (SSSR count). The maximum Gasteiger partial charge on any atom is 0.198 e. The second-order valence-corrected chi connectivity index (χ2v) is 4.44. The third kappa shape index (κ3) is 2.00. The van der Waals surface area contributed by atoms with Crippen molar-refractivity contribution in [1.29, 1.82) is 0 Å². The predicted molar refractivity (Wildman–Crippen MR) is 59.5 cm³/mol. The number of methoxy groups -OCH3 is 1. The topological polar surface area (TPSA) is 47.0 Å². The second kappa shape index (κ2) is 3.85. The van der Waals surface area contributed by atoms with Crippen molar-refractivity contribution >= 4 is 17.4 Å². The number of ether oxygens (including phenoxy) is 1. The zero-order chi connectivity index (χ0) is 10.9. The van der Waals surface area contributed by atoms with Gasteiger partial charge in [-0.15, -0.1) is 0 Å². The molecule has 1 N–H and O–H groups in total. The molecule has 1 aliphatic rings. The number of hydrogen-bond acceptors (Lipinski definition) is 4. The Morgan fingerprint density at radius 3 is 2.73 bits per heavy atom. The Labute approximate surface area is 94.0 Å². The minimum Gasteiger partial charge on any atom is -0.490 e. The average molecular weight is 228 g/mol. The van der Waals surface area contributed by atoms with Crippen LogP contribution >= 0.6 is 11.6 Å². The first kappa shape index (κ1) is 10.5. The molecule has 1 fully saturated rings. The van der Waals surface area contributed by atoms with Gasteiger partial charge in [-0.05, 0) is 26.2 Å². The third-order valence-corrected chi connectivity index (χ3v) is 3.11. The van der Waals surface area contributed by atoms with Crippen molar-refractivity contribution in [1.82, 2.24) is 9.97 Å². The summed E-state index contributed by atoms with van der Waals surface area (Å²) in [5.74, 6) is 1.20. The molecule has 0 unspecified atom stereocenters. The van der Waals surface area contributed by atoms with Crippen LogP contribution in [0.15, 0.2) is 6.33 Å². The molecule has 0 saturated heterocycles. The third-order valence-electron chi connectivity index (χ3n) is 2.84. The van der Waals surface area contributed by atoms with Crippen LogP contribution in [0.25, 0.3) is 0 Å². The number of anilines is 1. The summed E-state index contributed by atoms with van der Waals surface area (Å²) in [5.41, 5.74) is 0.130. The first-order chi connectivity index (χ1) is 7.14. The Balaban J connectivity index is 2.23. The lowest BCUT2D eigenvalue weighted by Crippen LogP contribution is -2.42. The number of hydrogen-bond donors (Lipinski definition) is 1. The van der Waals surface area contributed by atoms with Crippen LogP contribution in [0.3, 0.4) is 0 Å². The highest BCUT2D eigenvalue weighted by Crippen LogP contribution is 2.37. The Hall–Kier alpha value is -1.03. The van der Waals surface area contributed by atoms with E-state index in [0.29, 0.717) is 16.7 Å². The quantitative estimate of drug-likeness (QED) is 0.806. The molecule has 5 heteroatoms. The van der Waals surface area contributed by atoms with Gasteiger partial charge in [-0.2, -0.15) is 0 Å². The Morgan fingerprint density at radius 1 is 1.47 bits per heavy atom. The molecule has 0 bridgehead atoms.